The van der Waals surface area contributed by atoms with E-state index in [1.807, 2.05) is 0 Å². The maximum Gasteiger partial charge on any atom is 0.274 e. The van der Waals surface area contributed by atoms with Crippen LogP contribution >= 0.6 is 11.6 Å². The van der Waals surface area contributed by atoms with Crippen molar-refractivity contribution in [1.29, 1.82) is 0 Å². The van der Waals surface area contributed by atoms with Gasteiger partial charge in [0, 0.05) is 44.8 Å². The fourth-order valence-corrected chi connectivity index (χ4v) is 3.97. The van der Waals surface area contributed by atoms with Crippen LogP contribution in [0.1, 0.15) is 29.8 Å². The van der Waals surface area contributed by atoms with E-state index in [1.165, 1.54) is 6.20 Å². The maximum atomic E-state index is 12.8. The van der Waals surface area contributed by atoms with E-state index in [1.54, 1.807) is 29.4 Å². The van der Waals surface area contributed by atoms with Crippen LogP contribution in [-0.2, 0) is 4.79 Å². The van der Waals surface area contributed by atoms with E-state index in [9.17, 15) is 9.59 Å². The molecule has 2 aliphatic heterocycles. The van der Waals surface area contributed by atoms with E-state index in [2.05, 4.69) is 30.5 Å². The predicted molar refractivity (Wildman–Crippen MR) is 118 cm³/mol. The van der Waals surface area contributed by atoms with E-state index >= 15 is 0 Å². The molecule has 0 atom stereocenters. The van der Waals surface area contributed by atoms with Gasteiger partial charge in [-0.1, -0.05) is 11.6 Å². The Morgan fingerprint density at radius 3 is 2.55 bits per heavy atom. The quantitative estimate of drug-likeness (QED) is 0.742. The number of nitrogens with one attached hydrogen (secondary N) is 2. The molecule has 2 N–H and O–H groups in total. The van der Waals surface area contributed by atoms with Crippen molar-refractivity contribution in [1.82, 2.24) is 25.2 Å². The Morgan fingerprint density at radius 1 is 1.00 bits per heavy atom. The molecule has 0 unspecified atom stereocenters. The molecule has 2 aromatic rings. The lowest BCUT2D eigenvalue weighted by atomic mass is 9.95. The molecular weight excluding hydrogens is 418 g/mol. The fourth-order valence-electron chi connectivity index (χ4n) is 3.85. The molecular formula is C21H26ClN7O2. The molecule has 0 bridgehead atoms. The summed E-state index contributed by atoms with van der Waals surface area (Å²) in [5, 5.41) is 6.69. The van der Waals surface area contributed by atoms with Gasteiger partial charge >= 0.3 is 0 Å². The number of carbonyl (C=O) groups is 2. The molecule has 2 saturated heterocycles. The van der Waals surface area contributed by atoms with Crippen LogP contribution in [0.2, 0.25) is 5.02 Å². The van der Waals surface area contributed by atoms with Crippen LogP contribution in [0.25, 0.3) is 0 Å². The molecule has 0 aromatic carbocycles. The first-order valence-corrected chi connectivity index (χ1v) is 11.0. The summed E-state index contributed by atoms with van der Waals surface area (Å²) in [4.78, 5) is 42.1. The highest BCUT2D eigenvalue weighted by molar-refractivity contribution is 6.30. The predicted octanol–water partition coefficient (Wildman–Crippen LogP) is 1.82. The van der Waals surface area contributed by atoms with Crippen LogP contribution in [0.5, 0.6) is 0 Å². The van der Waals surface area contributed by atoms with Crippen LogP contribution in [0.4, 0.5) is 11.6 Å². The van der Waals surface area contributed by atoms with Crippen LogP contribution in [0, 0.1) is 5.92 Å². The first-order chi connectivity index (χ1) is 15.1. The highest BCUT2D eigenvalue weighted by Gasteiger charge is 2.28. The summed E-state index contributed by atoms with van der Waals surface area (Å²) in [7, 11) is 0. The van der Waals surface area contributed by atoms with Gasteiger partial charge in [-0.15, -0.1) is 0 Å². The van der Waals surface area contributed by atoms with Crippen LogP contribution < -0.4 is 15.5 Å². The second-order valence-corrected chi connectivity index (χ2v) is 8.20. The SMILES string of the molecule is O=C(Nc1ccc(Cl)cn1)C1CCN(C(=O)c2cnc(N3CCCNCC3)cn2)CC1. The zero-order valence-electron chi connectivity index (χ0n) is 17.3. The van der Waals surface area contributed by atoms with Crippen molar-refractivity contribution in [3.63, 3.8) is 0 Å². The molecule has 164 valence electrons. The number of carbonyl (C=O) groups excluding carboxylic acids is 2. The van der Waals surface area contributed by atoms with E-state index in [4.69, 9.17) is 11.6 Å². The average molecular weight is 444 g/mol. The summed E-state index contributed by atoms with van der Waals surface area (Å²) in [6.07, 6.45) is 6.97. The smallest absolute Gasteiger partial charge is 0.274 e. The Hall–Kier alpha value is -2.78. The molecule has 10 heteroatoms. The molecule has 0 aliphatic carbocycles. The molecule has 2 fully saturated rings. The van der Waals surface area contributed by atoms with Gasteiger partial charge in [-0.3, -0.25) is 9.59 Å². The van der Waals surface area contributed by atoms with Crippen molar-refractivity contribution in [2.45, 2.75) is 19.3 Å². The minimum atomic E-state index is -0.161. The first kappa shape index (κ1) is 21.5. The zero-order valence-corrected chi connectivity index (χ0v) is 18.0. The third kappa shape index (κ3) is 5.48. The first-order valence-electron chi connectivity index (χ1n) is 10.6. The lowest BCUT2D eigenvalue weighted by Crippen LogP contribution is -2.41. The van der Waals surface area contributed by atoms with Crippen LogP contribution in [-0.4, -0.2) is 70.9 Å². The summed E-state index contributed by atoms with van der Waals surface area (Å²) < 4.78 is 0. The van der Waals surface area contributed by atoms with Gasteiger partial charge in [0.15, 0.2) is 0 Å². The van der Waals surface area contributed by atoms with Gasteiger partial charge in [-0.05, 0) is 37.9 Å². The number of amides is 2. The van der Waals surface area contributed by atoms with Crippen molar-refractivity contribution in [2.75, 3.05) is 49.5 Å². The van der Waals surface area contributed by atoms with Crippen molar-refractivity contribution in [3.05, 3.63) is 41.4 Å². The molecule has 0 saturated carbocycles. The third-order valence-corrected chi connectivity index (χ3v) is 5.88. The van der Waals surface area contributed by atoms with Gasteiger partial charge in [0.2, 0.25) is 5.91 Å². The number of aromatic nitrogens is 3. The monoisotopic (exact) mass is 443 g/mol. The third-order valence-electron chi connectivity index (χ3n) is 5.65. The number of halogens is 1. The van der Waals surface area contributed by atoms with Gasteiger partial charge in [0.1, 0.15) is 17.3 Å². The molecule has 0 radical (unpaired) electrons. The highest BCUT2D eigenvalue weighted by Crippen LogP contribution is 2.21. The Morgan fingerprint density at radius 2 is 1.84 bits per heavy atom. The molecule has 2 aliphatic rings. The van der Waals surface area contributed by atoms with Crippen LogP contribution in [0.15, 0.2) is 30.7 Å². The van der Waals surface area contributed by atoms with E-state index < -0.39 is 0 Å². The lowest BCUT2D eigenvalue weighted by Gasteiger charge is -2.31. The van der Waals surface area contributed by atoms with Crippen molar-refractivity contribution in [2.24, 2.45) is 5.92 Å². The van der Waals surface area contributed by atoms with E-state index in [-0.39, 0.29) is 17.7 Å². The molecule has 2 amide bonds. The number of pyridine rings is 1. The molecule has 2 aromatic heterocycles. The summed E-state index contributed by atoms with van der Waals surface area (Å²) in [5.41, 5.74) is 0.338. The van der Waals surface area contributed by atoms with Gasteiger partial charge in [-0.2, -0.15) is 0 Å². The fraction of sp³-hybridized carbons (Fsp3) is 0.476. The van der Waals surface area contributed by atoms with E-state index in [0.717, 1.165) is 38.4 Å². The largest absolute Gasteiger partial charge is 0.354 e. The average Bonchev–Trinajstić information content (AvgIpc) is 3.10. The Balaban J connectivity index is 1.29. The Kier molecular flexibility index (Phi) is 6.93. The minimum Gasteiger partial charge on any atom is -0.354 e. The molecule has 4 heterocycles. The number of piperidine rings is 1. The summed E-state index contributed by atoms with van der Waals surface area (Å²) in [5.74, 6) is 0.884. The summed E-state index contributed by atoms with van der Waals surface area (Å²) in [6, 6.07) is 3.35. The molecule has 4 rings (SSSR count). The molecule has 9 nitrogen and oxygen atoms in total. The number of anilines is 2. The van der Waals surface area contributed by atoms with Crippen molar-refractivity contribution in [3.8, 4) is 0 Å². The molecule has 0 spiro atoms. The summed E-state index contributed by atoms with van der Waals surface area (Å²) in [6.45, 7) is 4.74. The van der Waals surface area contributed by atoms with E-state index in [0.29, 0.717) is 42.5 Å². The number of likely N-dealkylation sites (tertiary alicyclic amines) is 1. The normalized spacial score (nSPS) is 17.8. The van der Waals surface area contributed by atoms with Gasteiger partial charge < -0.3 is 20.4 Å². The number of hydrogen-bond donors (Lipinski definition) is 2. The van der Waals surface area contributed by atoms with Gasteiger partial charge in [0.05, 0.1) is 17.4 Å². The standard InChI is InChI=1S/C21H26ClN7O2/c22-16-2-3-18(25-12-16)27-20(30)15-4-9-29(10-5-15)21(31)17-13-26-19(14-24-17)28-8-1-6-23-7-11-28/h2-3,12-15,23H,1,4-11H2,(H,25,27,30). The van der Waals surface area contributed by atoms with Crippen LogP contribution in [0.3, 0.4) is 0 Å². The Bertz CT molecular complexity index is 891. The highest BCUT2D eigenvalue weighted by atomic mass is 35.5. The second kappa shape index (κ2) is 10.0. The van der Waals surface area contributed by atoms with Crippen molar-refractivity contribution >= 4 is 35.1 Å². The summed E-state index contributed by atoms with van der Waals surface area (Å²) >= 11 is 5.82. The Labute approximate surface area is 186 Å². The number of rotatable bonds is 4. The van der Waals surface area contributed by atoms with Gasteiger partial charge in [0.25, 0.3) is 5.91 Å². The minimum absolute atomic E-state index is 0.0852. The zero-order chi connectivity index (χ0) is 21.6. The maximum absolute atomic E-state index is 12.8. The number of nitrogens with zero attached hydrogens (tertiary/aromatic N) is 5. The number of hydrogen-bond acceptors (Lipinski definition) is 7. The second-order valence-electron chi connectivity index (χ2n) is 7.77. The van der Waals surface area contributed by atoms with Gasteiger partial charge in [-0.25, -0.2) is 15.0 Å². The van der Waals surface area contributed by atoms with Crippen molar-refractivity contribution < 1.29 is 9.59 Å². The molecule has 31 heavy (non-hydrogen) atoms. The topological polar surface area (TPSA) is 103 Å². The lowest BCUT2D eigenvalue weighted by molar-refractivity contribution is -0.121.